The first-order valence-corrected chi connectivity index (χ1v) is 11.0. The van der Waals surface area contributed by atoms with E-state index < -0.39 is 13.2 Å². The highest BCUT2D eigenvalue weighted by Crippen LogP contribution is 2.58. The van der Waals surface area contributed by atoms with Gasteiger partial charge in [-0.25, -0.2) is 0 Å². The predicted molar refractivity (Wildman–Crippen MR) is 117 cm³/mol. The minimum Gasteiger partial charge on any atom is -0.497 e. The largest absolute Gasteiger partial charge is 0.497 e. The van der Waals surface area contributed by atoms with E-state index in [2.05, 4.69) is 0 Å². The summed E-state index contributed by atoms with van der Waals surface area (Å²) in [6.45, 7) is 0.140. The van der Waals surface area contributed by atoms with Crippen LogP contribution in [-0.4, -0.2) is 26.3 Å². The number of aliphatic hydroxyl groups is 1. The molecule has 152 valence electrons. The third-order valence-corrected chi connectivity index (χ3v) is 7.20. The SMILES string of the molecule is COc1ccc([C@H](O)[P@](=O)(OCc2ccccc2)c2ccc(N(C)C)cc2)cc1. The highest BCUT2D eigenvalue weighted by atomic mass is 31.2. The van der Waals surface area contributed by atoms with E-state index >= 15 is 0 Å². The lowest BCUT2D eigenvalue weighted by Crippen LogP contribution is -2.16. The molecule has 0 aliphatic rings. The summed E-state index contributed by atoms with van der Waals surface area (Å²) in [6, 6.07) is 23.6. The number of anilines is 1. The zero-order valence-corrected chi connectivity index (χ0v) is 17.8. The number of benzene rings is 3. The van der Waals surface area contributed by atoms with Crippen molar-refractivity contribution in [3.05, 3.63) is 90.0 Å². The summed E-state index contributed by atoms with van der Waals surface area (Å²) in [5, 5.41) is 11.5. The van der Waals surface area contributed by atoms with Crippen LogP contribution in [0.5, 0.6) is 5.75 Å². The van der Waals surface area contributed by atoms with E-state index in [9.17, 15) is 9.67 Å². The van der Waals surface area contributed by atoms with Crippen LogP contribution in [0.1, 0.15) is 17.0 Å². The van der Waals surface area contributed by atoms with Crippen molar-refractivity contribution in [2.45, 2.75) is 12.5 Å². The van der Waals surface area contributed by atoms with E-state index in [4.69, 9.17) is 9.26 Å². The summed E-state index contributed by atoms with van der Waals surface area (Å²) < 4.78 is 25.1. The Hall–Kier alpha value is -2.59. The first-order valence-electron chi connectivity index (χ1n) is 9.32. The van der Waals surface area contributed by atoms with Crippen LogP contribution in [0, 0.1) is 0 Å². The van der Waals surface area contributed by atoms with Gasteiger partial charge in [-0.2, -0.15) is 0 Å². The Kier molecular flexibility index (Phi) is 6.75. The Labute approximate surface area is 172 Å². The quantitative estimate of drug-likeness (QED) is 0.550. The van der Waals surface area contributed by atoms with E-state index in [1.807, 2.05) is 61.5 Å². The van der Waals surface area contributed by atoms with Crippen molar-refractivity contribution < 1.29 is 18.9 Å². The van der Waals surface area contributed by atoms with Gasteiger partial charge in [-0.05, 0) is 47.5 Å². The smallest absolute Gasteiger partial charge is 0.264 e. The van der Waals surface area contributed by atoms with Gasteiger partial charge in [0.1, 0.15) is 5.75 Å². The van der Waals surface area contributed by atoms with Crippen LogP contribution in [-0.2, 0) is 15.7 Å². The molecule has 0 heterocycles. The minimum atomic E-state index is -3.63. The fraction of sp³-hybridized carbons (Fsp3) is 0.217. The van der Waals surface area contributed by atoms with Gasteiger partial charge < -0.3 is 19.3 Å². The third-order valence-electron chi connectivity index (χ3n) is 4.73. The van der Waals surface area contributed by atoms with Crippen LogP contribution in [0.25, 0.3) is 0 Å². The van der Waals surface area contributed by atoms with Crippen molar-refractivity contribution in [2.75, 3.05) is 26.1 Å². The molecule has 3 rings (SSSR count). The zero-order valence-electron chi connectivity index (χ0n) is 16.9. The van der Waals surface area contributed by atoms with Crippen LogP contribution >= 0.6 is 7.37 Å². The van der Waals surface area contributed by atoms with Crippen molar-refractivity contribution in [3.8, 4) is 5.75 Å². The lowest BCUT2D eigenvalue weighted by Gasteiger charge is -2.25. The lowest BCUT2D eigenvalue weighted by atomic mass is 10.2. The van der Waals surface area contributed by atoms with Gasteiger partial charge in [-0.3, -0.25) is 4.57 Å². The van der Waals surface area contributed by atoms with Gasteiger partial charge >= 0.3 is 0 Å². The van der Waals surface area contributed by atoms with E-state index in [0.29, 0.717) is 16.6 Å². The molecule has 0 spiro atoms. The van der Waals surface area contributed by atoms with Crippen molar-refractivity contribution >= 4 is 18.4 Å². The molecule has 1 N–H and O–H groups in total. The zero-order chi connectivity index (χ0) is 20.9. The van der Waals surface area contributed by atoms with Gasteiger partial charge in [0.25, 0.3) is 7.37 Å². The average molecular weight is 411 g/mol. The van der Waals surface area contributed by atoms with E-state index in [1.165, 1.54) is 0 Å². The fourth-order valence-corrected chi connectivity index (χ4v) is 5.00. The number of aliphatic hydroxyl groups excluding tert-OH is 1. The fourth-order valence-electron chi connectivity index (χ4n) is 2.96. The average Bonchev–Trinajstić information content (AvgIpc) is 2.77. The lowest BCUT2D eigenvalue weighted by molar-refractivity contribution is 0.210. The summed E-state index contributed by atoms with van der Waals surface area (Å²) in [7, 11) is 1.82. The second-order valence-corrected chi connectivity index (χ2v) is 9.37. The molecular weight excluding hydrogens is 385 g/mol. The van der Waals surface area contributed by atoms with Crippen LogP contribution in [0.2, 0.25) is 0 Å². The van der Waals surface area contributed by atoms with Crippen LogP contribution in [0.3, 0.4) is 0 Å². The van der Waals surface area contributed by atoms with E-state index in [0.717, 1.165) is 11.3 Å². The molecule has 0 aliphatic carbocycles. The van der Waals surface area contributed by atoms with Crippen LogP contribution < -0.4 is 14.9 Å². The molecule has 6 heteroatoms. The van der Waals surface area contributed by atoms with Crippen LogP contribution in [0.4, 0.5) is 5.69 Å². The molecule has 0 aliphatic heterocycles. The molecule has 5 nitrogen and oxygen atoms in total. The summed E-state index contributed by atoms with van der Waals surface area (Å²) in [4.78, 5) is 1.96. The summed E-state index contributed by atoms with van der Waals surface area (Å²) >= 11 is 0. The number of hydrogen-bond acceptors (Lipinski definition) is 5. The summed E-state index contributed by atoms with van der Waals surface area (Å²) in [6.07, 6.45) is 0. The maximum absolute atomic E-state index is 14.0. The van der Waals surface area contributed by atoms with Crippen LogP contribution in [0.15, 0.2) is 78.9 Å². The van der Waals surface area contributed by atoms with Crippen molar-refractivity contribution in [1.29, 1.82) is 0 Å². The maximum Gasteiger partial charge on any atom is 0.264 e. The standard InChI is InChI=1S/C23H26NO4P/c1-24(2)20-11-15-22(16-12-20)29(26,28-17-18-7-5-4-6-8-18)23(25)19-9-13-21(27-3)14-10-19/h4-16,23,25H,17H2,1-3H3/t23-,29-/m1/s1. The molecule has 2 atom stereocenters. The summed E-state index contributed by atoms with van der Waals surface area (Å²) in [5.74, 6) is -0.626. The second kappa shape index (κ2) is 9.27. The first kappa shape index (κ1) is 21.1. The number of hydrogen-bond donors (Lipinski definition) is 1. The molecule has 0 saturated carbocycles. The van der Waals surface area contributed by atoms with Gasteiger partial charge in [-0.1, -0.05) is 42.5 Å². The molecule has 29 heavy (non-hydrogen) atoms. The molecule has 0 bridgehead atoms. The molecule has 0 aromatic heterocycles. The van der Waals surface area contributed by atoms with Crippen molar-refractivity contribution in [3.63, 3.8) is 0 Å². The molecular formula is C23H26NO4P. The molecule has 0 fully saturated rings. The Bertz CT molecular complexity index is 956. The van der Waals surface area contributed by atoms with Gasteiger partial charge in [0, 0.05) is 25.1 Å². The maximum atomic E-state index is 14.0. The normalized spacial score (nSPS) is 14.1. The first-order chi connectivity index (χ1) is 13.9. The minimum absolute atomic E-state index is 0.140. The predicted octanol–water partition coefficient (Wildman–Crippen LogP) is 4.57. The Morgan fingerprint density at radius 2 is 1.55 bits per heavy atom. The number of methoxy groups -OCH3 is 1. The second-order valence-electron chi connectivity index (χ2n) is 6.91. The van der Waals surface area contributed by atoms with Gasteiger partial charge in [0.2, 0.25) is 0 Å². The Balaban J connectivity index is 1.95. The molecule has 3 aromatic rings. The third kappa shape index (κ3) is 4.88. The van der Waals surface area contributed by atoms with Gasteiger partial charge in [0.15, 0.2) is 5.85 Å². The van der Waals surface area contributed by atoms with Gasteiger partial charge in [-0.15, -0.1) is 0 Å². The van der Waals surface area contributed by atoms with E-state index in [1.54, 1.807) is 43.5 Å². The van der Waals surface area contributed by atoms with Gasteiger partial charge in [0.05, 0.1) is 13.7 Å². The molecule has 3 aromatic carbocycles. The number of rotatable bonds is 8. The Morgan fingerprint density at radius 1 is 0.931 bits per heavy atom. The molecule has 0 radical (unpaired) electrons. The molecule has 0 amide bonds. The van der Waals surface area contributed by atoms with E-state index in [-0.39, 0.29) is 6.61 Å². The Morgan fingerprint density at radius 3 is 2.10 bits per heavy atom. The highest BCUT2D eigenvalue weighted by molar-refractivity contribution is 7.67. The number of ether oxygens (including phenoxy) is 1. The van der Waals surface area contributed by atoms with Crippen molar-refractivity contribution in [2.24, 2.45) is 0 Å². The van der Waals surface area contributed by atoms with Crippen molar-refractivity contribution in [1.82, 2.24) is 0 Å². The topological polar surface area (TPSA) is 59.0 Å². The molecule has 0 saturated heterocycles. The number of nitrogens with zero attached hydrogens (tertiary/aromatic N) is 1. The highest BCUT2D eigenvalue weighted by Gasteiger charge is 2.36. The summed E-state index contributed by atoms with van der Waals surface area (Å²) in [5.41, 5.74) is 2.38. The monoisotopic (exact) mass is 411 g/mol. The molecule has 0 unspecified atom stereocenters.